The molecule has 25 heavy (non-hydrogen) atoms. The smallest absolute Gasteiger partial charge is 0.244 e. The Balaban J connectivity index is 1.48. The second kappa shape index (κ2) is 7.49. The second-order valence-electron chi connectivity index (χ2n) is 6.65. The van der Waals surface area contributed by atoms with Gasteiger partial charge in [-0.25, -0.2) is 0 Å². The Hall–Kier alpha value is -1.99. The van der Waals surface area contributed by atoms with Gasteiger partial charge >= 0.3 is 0 Å². The van der Waals surface area contributed by atoms with E-state index < -0.39 is 0 Å². The molecular formula is C18H24N4O3. The van der Waals surface area contributed by atoms with Crippen molar-refractivity contribution in [2.24, 2.45) is 0 Å². The Labute approximate surface area is 147 Å². The highest BCUT2D eigenvalue weighted by Crippen LogP contribution is 2.38. The van der Waals surface area contributed by atoms with Crippen LogP contribution in [0.3, 0.4) is 0 Å². The number of rotatable bonds is 7. The largest absolute Gasteiger partial charge is 0.491 e. The number of methoxy groups -OCH3 is 1. The minimum atomic E-state index is 0.257. The first-order valence-corrected chi connectivity index (χ1v) is 9.02. The predicted octanol–water partition coefficient (Wildman–Crippen LogP) is 2.85. The van der Waals surface area contributed by atoms with Crippen LogP contribution in [0.25, 0.3) is 11.5 Å². The summed E-state index contributed by atoms with van der Waals surface area (Å²) in [7, 11) is 1.65. The summed E-state index contributed by atoms with van der Waals surface area (Å²) in [5, 5.41) is 4.15. The second-order valence-corrected chi connectivity index (χ2v) is 6.65. The Morgan fingerprint density at radius 1 is 1.24 bits per heavy atom. The van der Waals surface area contributed by atoms with Gasteiger partial charge in [0.1, 0.15) is 18.1 Å². The van der Waals surface area contributed by atoms with E-state index in [4.69, 9.17) is 14.0 Å². The van der Waals surface area contributed by atoms with E-state index in [9.17, 15) is 0 Å². The zero-order valence-corrected chi connectivity index (χ0v) is 14.6. The Morgan fingerprint density at radius 2 is 2.16 bits per heavy atom. The summed E-state index contributed by atoms with van der Waals surface area (Å²) in [4.78, 5) is 11.5. The van der Waals surface area contributed by atoms with Crippen LogP contribution in [0.2, 0.25) is 0 Å². The number of hydrogen-bond donors (Lipinski definition) is 0. The third kappa shape index (κ3) is 3.52. The van der Waals surface area contributed by atoms with Gasteiger partial charge in [-0.1, -0.05) is 11.6 Å². The van der Waals surface area contributed by atoms with Crippen molar-refractivity contribution in [3.05, 3.63) is 24.2 Å². The lowest BCUT2D eigenvalue weighted by Crippen LogP contribution is -2.39. The van der Waals surface area contributed by atoms with Gasteiger partial charge in [-0.3, -0.25) is 9.88 Å². The van der Waals surface area contributed by atoms with Gasteiger partial charge in [0.25, 0.3) is 0 Å². The lowest BCUT2D eigenvalue weighted by Gasteiger charge is -2.37. The fourth-order valence-electron chi connectivity index (χ4n) is 3.55. The summed E-state index contributed by atoms with van der Waals surface area (Å²) < 4.78 is 16.2. The van der Waals surface area contributed by atoms with Crippen molar-refractivity contribution in [3.63, 3.8) is 0 Å². The van der Waals surface area contributed by atoms with E-state index in [0.29, 0.717) is 36.7 Å². The van der Waals surface area contributed by atoms with Crippen LogP contribution in [-0.4, -0.2) is 52.9 Å². The van der Waals surface area contributed by atoms with Crippen LogP contribution in [0.1, 0.15) is 44.0 Å². The fourth-order valence-corrected chi connectivity index (χ4v) is 3.55. The average Bonchev–Trinajstić information content (AvgIpc) is 3.23. The highest BCUT2D eigenvalue weighted by Gasteiger charge is 2.37. The lowest BCUT2D eigenvalue weighted by molar-refractivity contribution is 0.0966. The first-order chi connectivity index (χ1) is 12.3. The van der Waals surface area contributed by atoms with E-state index in [1.165, 1.54) is 25.7 Å². The molecule has 0 radical (unpaired) electrons. The maximum Gasteiger partial charge on any atom is 0.244 e. The van der Waals surface area contributed by atoms with Gasteiger partial charge in [0.05, 0.1) is 12.6 Å². The molecule has 2 aromatic heterocycles. The van der Waals surface area contributed by atoms with Crippen molar-refractivity contribution in [2.45, 2.75) is 44.2 Å². The van der Waals surface area contributed by atoms with Crippen LogP contribution in [0, 0.1) is 0 Å². The van der Waals surface area contributed by atoms with Crippen LogP contribution < -0.4 is 4.74 Å². The number of nitrogens with zero attached hydrogens (tertiary/aromatic N) is 4. The lowest BCUT2D eigenvalue weighted by atomic mass is 9.91. The molecule has 3 heterocycles. The molecule has 0 aromatic carbocycles. The van der Waals surface area contributed by atoms with Crippen molar-refractivity contribution in [3.8, 4) is 17.3 Å². The van der Waals surface area contributed by atoms with Crippen molar-refractivity contribution < 1.29 is 14.0 Å². The maximum atomic E-state index is 5.63. The van der Waals surface area contributed by atoms with Gasteiger partial charge < -0.3 is 14.0 Å². The molecule has 0 spiro atoms. The molecule has 0 bridgehead atoms. The van der Waals surface area contributed by atoms with Gasteiger partial charge in [0.2, 0.25) is 11.7 Å². The molecule has 1 aliphatic heterocycles. The number of pyridine rings is 1. The summed E-state index contributed by atoms with van der Waals surface area (Å²) in [5.41, 5.74) is 0.665. The van der Waals surface area contributed by atoms with Crippen molar-refractivity contribution >= 4 is 0 Å². The fraction of sp³-hybridized carbons (Fsp3) is 0.611. The van der Waals surface area contributed by atoms with Gasteiger partial charge in [0, 0.05) is 25.4 Å². The van der Waals surface area contributed by atoms with Gasteiger partial charge in [-0.2, -0.15) is 4.98 Å². The molecule has 0 N–H and O–H groups in total. The summed E-state index contributed by atoms with van der Waals surface area (Å²) in [6.45, 7) is 2.17. The molecule has 2 fully saturated rings. The average molecular weight is 344 g/mol. The van der Waals surface area contributed by atoms with E-state index in [0.717, 1.165) is 18.7 Å². The number of hydrogen-bond acceptors (Lipinski definition) is 7. The molecule has 2 aromatic rings. The topological polar surface area (TPSA) is 73.5 Å². The minimum Gasteiger partial charge on any atom is -0.491 e. The molecule has 1 aliphatic carbocycles. The molecule has 1 saturated carbocycles. The van der Waals surface area contributed by atoms with E-state index >= 15 is 0 Å². The van der Waals surface area contributed by atoms with Gasteiger partial charge in [0.15, 0.2) is 0 Å². The van der Waals surface area contributed by atoms with Crippen LogP contribution >= 0.6 is 0 Å². The number of aromatic nitrogens is 3. The normalized spacial score (nSPS) is 21.4. The highest BCUT2D eigenvalue weighted by molar-refractivity contribution is 5.50. The molecule has 4 rings (SSSR count). The monoisotopic (exact) mass is 344 g/mol. The van der Waals surface area contributed by atoms with Crippen LogP contribution in [0.15, 0.2) is 22.9 Å². The van der Waals surface area contributed by atoms with E-state index in [2.05, 4.69) is 20.0 Å². The Kier molecular flexibility index (Phi) is 4.94. The van der Waals surface area contributed by atoms with Crippen molar-refractivity contribution in [1.82, 2.24) is 20.0 Å². The quantitative estimate of drug-likeness (QED) is 0.715. The summed E-state index contributed by atoms with van der Waals surface area (Å²) in [5.74, 6) is 1.96. The molecule has 7 nitrogen and oxygen atoms in total. The molecule has 7 heteroatoms. The number of ether oxygens (including phenoxy) is 2. The summed E-state index contributed by atoms with van der Waals surface area (Å²) >= 11 is 0. The Bertz CT molecular complexity index is 701. The molecule has 1 saturated heterocycles. The molecular weight excluding hydrogens is 320 g/mol. The molecule has 1 atom stereocenters. The summed E-state index contributed by atoms with van der Waals surface area (Å²) in [6.07, 6.45) is 7.90. The van der Waals surface area contributed by atoms with E-state index in [1.54, 1.807) is 13.3 Å². The third-order valence-electron chi connectivity index (χ3n) is 5.08. The first-order valence-electron chi connectivity index (χ1n) is 9.02. The van der Waals surface area contributed by atoms with Crippen LogP contribution in [-0.2, 0) is 4.74 Å². The van der Waals surface area contributed by atoms with Crippen molar-refractivity contribution in [2.75, 3.05) is 26.9 Å². The molecule has 134 valence electrons. The zero-order valence-electron chi connectivity index (χ0n) is 14.6. The minimum absolute atomic E-state index is 0.257. The molecule has 0 amide bonds. The maximum absolute atomic E-state index is 5.63. The highest BCUT2D eigenvalue weighted by atomic mass is 16.5. The predicted molar refractivity (Wildman–Crippen MR) is 91.2 cm³/mol. The number of likely N-dealkylation sites (tertiary alicyclic amines) is 1. The van der Waals surface area contributed by atoms with Gasteiger partial charge in [-0.05, 0) is 38.3 Å². The SMILES string of the molecule is COCCOc1ccnc(-c2noc([C@H]3CCCN3C3CCC3)n2)c1. The zero-order chi connectivity index (χ0) is 17.1. The van der Waals surface area contributed by atoms with E-state index in [1.807, 2.05) is 12.1 Å². The standard InChI is InChI=1S/C18H24N4O3/c1-23-10-11-24-14-7-8-19-15(12-14)17-20-18(25-21-17)16-6-3-9-22(16)13-4-2-5-13/h7-8,12-13,16H,2-6,9-11H2,1H3/t16-/m1/s1. The van der Waals surface area contributed by atoms with Crippen LogP contribution in [0.4, 0.5) is 0 Å². The molecule has 2 aliphatic rings. The Morgan fingerprint density at radius 3 is 2.96 bits per heavy atom. The van der Waals surface area contributed by atoms with Crippen LogP contribution in [0.5, 0.6) is 5.75 Å². The van der Waals surface area contributed by atoms with E-state index in [-0.39, 0.29) is 6.04 Å². The van der Waals surface area contributed by atoms with Crippen molar-refractivity contribution in [1.29, 1.82) is 0 Å². The van der Waals surface area contributed by atoms with Gasteiger partial charge in [-0.15, -0.1) is 0 Å². The summed E-state index contributed by atoms with van der Waals surface area (Å²) in [6, 6.07) is 4.60. The third-order valence-corrected chi connectivity index (χ3v) is 5.08. The first kappa shape index (κ1) is 16.5. The molecule has 0 unspecified atom stereocenters.